The van der Waals surface area contributed by atoms with Crippen molar-refractivity contribution >= 4 is 17.1 Å². The number of hydrogen-bond donors (Lipinski definition) is 0. The number of esters is 1. The van der Waals surface area contributed by atoms with Gasteiger partial charge in [0.2, 0.25) is 0 Å². The van der Waals surface area contributed by atoms with Crippen molar-refractivity contribution in [1.82, 2.24) is 18.7 Å². The number of nitrogens with zero attached hydrogens (tertiary/aromatic N) is 4. The van der Waals surface area contributed by atoms with E-state index in [-0.39, 0.29) is 42.5 Å². The van der Waals surface area contributed by atoms with E-state index in [9.17, 15) is 18.8 Å². The molecule has 0 spiro atoms. The van der Waals surface area contributed by atoms with Gasteiger partial charge in [0.1, 0.15) is 12.4 Å². The Morgan fingerprint density at radius 2 is 2.04 bits per heavy atom. The summed E-state index contributed by atoms with van der Waals surface area (Å²) in [5, 5.41) is 0. The van der Waals surface area contributed by atoms with Crippen molar-refractivity contribution < 1.29 is 13.9 Å². The number of benzene rings is 1. The van der Waals surface area contributed by atoms with Crippen molar-refractivity contribution in [2.24, 2.45) is 5.92 Å². The second kappa shape index (κ2) is 7.79. The first-order valence-electron chi connectivity index (χ1n) is 8.95. The molecule has 3 rings (SSSR count). The number of carbonyl (C=O) groups excluding carboxylic acids is 1. The number of rotatable bonds is 6. The lowest BCUT2D eigenvalue weighted by Gasteiger charge is -2.14. The fourth-order valence-electron chi connectivity index (χ4n) is 3.02. The van der Waals surface area contributed by atoms with Gasteiger partial charge in [0.15, 0.2) is 11.2 Å². The van der Waals surface area contributed by atoms with E-state index in [2.05, 4.69) is 4.98 Å². The SMILES string of the molecule is CCOC(=O)Cn1cnc2c1c(=O)n(CC(C)C)c(=O)n2-c1cccc(F)c1. The minimum atomic E-state index is -0.613. The number of imidazole rings is 1. The van der Waals surface area contributed by atoms with Crippen molar-refractivity contribution in [3.63, 3.8) is 0 Å². The van der Waals surface area contributed by atoms with Gasteiger partial charge in [-0.05, 0) is 31.0 Å². The Kier molecular flexibility index (Phi) is 5.43. The first-order valence-corrected chi connectivity index (χ1v) is 8.95. The van der Waals surface area contributed by atoms with Gasteiger partial charge in [0.05, 0.1) is 18.6 Å². The Bertz CT molecular complexity index is 1140. The smallest absolute Gasteiger partial charge is 0.337 e. The average molecular weight is 388 g/mol. The summed E-state index contributed by atoms with van der Waals surface area (Å²) >= 11 is 0. The summed E-state index contributed by atoms with van der Waals surface area (Å²) in [7, 11) is 0. The molecule has 148 valence electrons. The number of carbonyl (C=O) groups is 1. The summed E-state index contributed by atoms with van der Waals surface area (Å²) < 4.78 is 22.3. The molecule has 0 unspecified atom stereocenters. The molecule has 2 heterocycles. The molecule has 0 saturated carbocycles. The van der Waals surface area contributed by atoms with E-state index < -0.39 is 23.0 Å². The lowest BCUT2D eigenvalue weighted by atomic mass is 10.2. The molecule has 0 aliphatic rings. The molecule has 8 nitrogen and oxygen atoms in total. The predicted octanol–water partition coefficient (Wildman–Crippen LogP) is 1.71. The molecule has 0 saturated heterocycles. The third-order valence-corrected chi connectivity index (χ3v) is 4.12. The summed E-state index contributed by atoms with van der Waals surface area (Å²) in [6.07, 6.45) is 1.30. The van der Waals surface area contributed by atoms with E-state index in [4.69, 9.17) is 4.74 Å². The fourth-order valence-corrected chi connectivity index (χ4v) is 3.02. The Balaban J connectivity index is 2.33. The minimum Gasteiger partial charge on any atom is -0.465 e. The largest absolute Gasteiger partial charge is 0.465 e. The number of fused-ring (bicyclic) bond motifs is 1. The van der Waals surface area contributed by atoms with Crippen LogP contribution in [0.3, 0.4) is 0 Å². The maximum Gasteiger partial charge on any atom is 0.337 e. The summed E-state index contributed by atoms with van der Waals surface area (Å²) in [5.74, 6) is -1.03. The second-order valence-electron chi connectivity index (χ2n) is 6.76. The van der Waals surface area contributed by atoms with Gasteiger partial charge in [0.25, 0.3) is 5.56 Å². The molecule has 0 radical (unpaired) electrons. The third-order valence-electron chi connectivity index (χ3n) is 4.12. The highest BCUT2D eigenvalue weighted by molar-refractivity contribution is 5.76. The Morgan fingerprint density at radius 3 is 2.68 bits per heavy atom. The van der Waals surface area contributed by atoms with E-state index in [1.165, 1.54) is 33.7 Å². The quantitative estimate of drug-likeness (QED) is 0.600. The van der Waals surface area contributed by atoms with Gasteiger partial charge in [-0.15, -0.1) is 0 Å². The normalized spacial score (nSPS) is 11.3. The van der Waals surface area contributed by atoms with Crippen molar-refractivity contribution in [3.05, 3.63) is 57.2 Å². The molecule has 9 heteroatoms. The van der Waals surface area contributed by atoms with Gasteiger partial charge in [-0.2, -0.15) is 0 Å². The van der Waals surface area contributed by atoms with Crippen LogP contribution in [0.1, 0.15) is 20.8 Å². The molecular weight excluding hydrogens is 367 g/mol. The van der Waals surface area contributed by atoms with Crippen LogP contribution in [0.25, 0.3) is 16.9 Å². The molecule has 0 amide bonds. The molecule has 0 atom stereocenters. The van der Waals surface area contributed by atoms with Crippen molar-refractivity contribution in [3.8, 4) is 5.69 Å². The van der Waals surface area contributed by atoms with Crippen LogP contribution in [-0.2, 0) is 22.6 Å². The van der Waals surface area contributed by atoms with Crippen LogP contribution in [0.4, 0.5) is 4.39 Å². The number of aromatic nitrogens is 4. The van der Waals surface area contributed by atoms with Crippen LogP contribution in [-0.4, -0.2) is 31.3 Å². The lowest BCUT2D eigenvalue weighted by molar-refractivity contribution is -0.143. The van der Waals surface area contributed by atoms with Crippen LogP contribution in [0.2, 0.25) is 0 Å². The molecule has 28 heavy (non-hydrogen) atoms. The Hall–Kier alpha value is -3.23. The molecule has 0 aliphatic carbocycles. The molecular formula is C19H21FN4O4. The van der Waals surface area contributed by atoms with E-state index in [1.807, 2.05) is 13.8 Å². The molecule has 0 aliphatic heterocycles. The van der Waals surface area contributed by atoms with Gasteiger partial charge < -0.3 is 9.30 Å². The second-order valence-corrected chi connectivity index (χ2v) is 6.76. The summed E-state index contributed by atoms with van der Waals surface area (Å²) in [4.78, 5) is 42.1. The van der Waals surface area contributed by atoms with Crippen LogP contribution in [0.5, 0.6) is 0 Å². The zero-order chi connectivity index (χ0) is 20.4. The maximum atomic E-state index is 13.8. The van der Waals surface area contributed by atoms with Crippen LogP contribution >= 0.6 is 0 Å². The maximum absolute atomic E-state index is 13.8. The first kappa shape index (κ1) is 19.5. The fraction of sp³-hybridized carbons (Fsp3) is 0.368. The molecule has 3 aromatic rings. The van der Waals surface area contributed by atoms with Gasteiger partial charge >= 0.3 is 11.7 Å². The number of halogens is 1. The topological polar surface area (TPSA) is 88.1 Å². The molecule has 0 fully saturated rings. The monoisotopic (exact) mass is 388 g/mol. The zero-order valence-electron chi connectivity index (χ0n) is 15.9. The van der Waals surface area contributed by atoms with Gasteiger partial charge in [0, 0.05) is 6.54 Å². The van der Waals surface area contributed by atoms with Crippen molar-refractivity contribution in [1.29, 1.82) is 0 Å². The van der Waals surface area contributed by atoms with E-state index in [0.29, 0.717) is 0 Å². The standard InChI is InChI=1S/C19H21FN4O4/c1-4-28-15(25)10-22-11-21-17-16(22)18(26)23(9-12(2)3)19(27)24(17)14-7-5-6-13(20)8-14/h5-8,11-12H,4,9-10H2,1-3H3. The van der Waals surface area contributed by atoms with Gasteiger partial charge in [-0.25, -0.2) is 18.7 Å². The summed E-state index contributed by atoms with van der Waals surface area (Å²) in [5.41, 5.74) is -0.780. The highest BCUT2D eigenvalue weighted by atomic mass is 19.1. The van der Waals surface area contributed by atoms with Gasteiger partial charge in [-0.3, -0.25) is 14.2 Å². The van der Waals surface area contributed by atoms with Crippen LogP contribution < -0.4 is 11.2 Å². The lowest BCUT2D eigenvalue weighted by Crippen LogP contribution is -2.41. The Labute approximate surface area is 159 Å². The number of hydrogen-bond acceptors (Lipinski definition) is 5. The summed E-state index contributed by atoms with van der Waals surface area (Å²) in [6.45, 7) is 5.59. The molecule has 0 N–H and O–H groups in total. The Morgan fingerprint density at radius 1 is 1.29 bits per heavy atom. The van der Waals surface area contributed by atoms with Crippen LogP contribution in [0.15, 0.2) is 40.2 Å². The predicted molar refractivity (Wildman–Crippen MR) is 101 cm³/mol. The molecule has 0 bridgehead atoms. The zero-order valence-corrected chi connectivity index (χ0v) is 15.9. The van der Waals surface area contributed by atoms with Gasteiger partial charge in [-0.1, -0.05) is 19.9 Å². The van der Waals surface area contributed by atoms with E-state index in [1.54, 1.807) is 13.0 Å². The van der Waals surface area contributed by atoms with E-state index >= 15 is 0 Å². The van der Waals surface area contributed by atoms with Crippen molar-refractivity contribution in [2.45, 2.75) is 33.9 Å². The summed E-state index contributed by atoms with van der Waals surface area (Å²) in [6, 6.07) is 5.47. The number of ether oxygens (including phenoxy) is 1. The molecule has 1 aromatic carbocycles. The minimum absolute atomic E-state index is 0.0187. The highest BCUT2D eigenvalue weighted by Crippen LogP contribution is 2.14. The molecule has 2 aromatic heterocycles. The average Bonchev–Trinajstić information content (AvgIpc) is 3.02. The van der Waals surface area contributed by atoms with Crippen LogP contribution in [0, 0.1) is 11.7 Å². The first-order chi connectivity index (χ1) is 13.3. The van der Waals surface area contributed by atoms with E-state index in [0.717, 1.165) is 4.57 Å². The van der Waals surface area contributed by atoms with Crippen molar-refractivity contribution in [2.75, 3.05) is 6.61 Å². The third kappa shape index (κ3) is 3.60. The highest BCUT2D eigenvalue weighted by Gasteiger charge is 2.21.